The highest BCUT2D eigenvalue weighted by atomic mass is 32.1. The van der Waals surface area contributed by atoms with Crippen LogP contribution in [0.15, 0.2) is 35.8 Å². The number of morpholine rings is 1. The first-order valence-electron chi connectivity index (χ1n) is 8.84. The SMILES string of the molecule is CN(Cc1nccs1)C(=O)CC1COCCN1C(=O)Nc1cccc(C#N)c1. The maximum Gasteiger partial charge on any atom is 0.322 e. The number of nitrogens with zero attached hydrogens (tertiary/aromatic N) is 4. The Morgan fingerprint density at radius 2 is 2.36 bits per heavy atom. The number of anilines is 1. The molecular formula is C19H21N5O3S. The van der Waals surface area contributed by atoms with Crippen molar-refractivity contribution in [2.45, 2.75) is 19.0 Å². The number of aromatic nitrogens is 1. The molecule has 1 aromatic heterocycles. The smallest absolute Gasteiger partial charge is 0.322 e. The van der Waals surface area contributed by atoms with Gasteiger partial charge in [0.05, 0.1) is 37.4 Å². The number of nitrogens with one attached hydrogen (secondary N) is 1. The standard InChI is InChI=1S/C19H21N5O3S/c1-23(12-17-21-5-8-28-17)18(25)10-16-13-27-7-6-24(16)19(26)22-15-4-2-3-14(9-15)11-20/h2-5,8-9,16H,6-7,10,12-13H2,1H3,(H,22,26). The van der Waals surface area contributed by atoms with Crippen LogP contribution in [-0.4, -0.2) is 59.6 Å². The molecule has 0 bridgehead atoms. The Bertz CT molecular complexity index is 865. The van der Waals surface area contributed by atoms with E-state index < -0.39 is 0 Å². The van der Waals surface area contributed by atoms with Crippen LogP contribution in [0.4, 0.5) is 10.5 Å². The number of rotatable bonds is 5. The largest absolute Gasteiger partial charge is 0.377 e. The zero-order valence-electron chi connectivity index (χ0n) is 15.5. The maximum absolute atomic E-state index is 12.7. The molecule has 9 heteroatoms. The van der Waals surface area contributed by atoms with Crippen LogP contribution in [0, 0.1) is 11.3 Å². The maximum atomic E-state index is 12.7. The fourth-order valence-corrected chi connectivity index (χ4v) is 3.60. The molecule has 3 amide bonds. The van der Waals surface area contributed by atoms with E-state index in [0.29, 0.717) is 37.6 Å². The number of thiazole rings is 1. The summed E-state index contributed by atoms with van der Waals surface area (Å²) in [5.74, 6) is -0.0741. The van der Waals surface area contributed by atoms with Crippen molar-refractivity contribution in [2.75, 3.05) is 32.1 Å². The highest BCUT2D eigenvalue weighted by Crippen LogP contribution is 2.17. The molecule has 1 saturated heterocycles. The molecule has 1 aliphatic heterocycles. The van der Waals surface area contributed by atoms with E-state index in [0.717, 1.165) is 5.01 Å². The lowest BCUT2D eigenvalue weighted by Gasteiger charge is -2.36. The minimum Gasteiger partial charge on any atom is -0.377 e. The van der Waals surface area contributed by atoms with Crippen LogP contribution >= 0.6 is 11.3 Å². The van der Waals surface area contributed by atoms with Crippen molar-refractivity contribution in [3.8, 4) is 6.07 Å². The van der Waals surface area contributed by atoms with E-state index in [9.17, 15) is 9.59 Å². The number of carbonyl (C=O) groups excluding carboxylic acids is 2. The Morgan fingerprint density at radius 3 is 3.11 bits per heavy atom. The van der Waals surface area contributed by atoms with Crippen LogP contribution in [0.1, 0.15) is 17.0 Å². The van der Waals surface area contributed by atoms with Crippen LogP contribution in [-0.2, 0) is 16.1 Å². The van der Waals surface area contributed by atoms with Crippen molar-refractivity contribution in [1.29, 1.82) is 5.26 Å². The van der Waals surface area contributed by atoms with Gasteiger partial charge in [0.2, 0.25) is 5.91 Å². The van der Waals surface area contributed by atoms with Gasteiger partial charge in [0, 0.05) is 37.3 Å². The van der Waals surface area contributed by atoms with Gasteiger partial charge in [-0.25, -0.2) is 9.78 Å². The Labute approximate surface area is 167 Å². The molecule has 2 heterocycles. The van der Waals surface area contributed by atoms with Gasteiger partial charge in [-0.05, 0) is 18.2 Å². The molecular weight excluding hydrogens is 378 g/mol. The number of amides is 3. The van der Waals surface area contributed by atoms with E-state index in [1.807, 2.05) is 11.4 Å². The zero-order valence-corrected chi connectivity index (χ0v) is 16.3. The van der Waals surface area contributed by atoms with Crippen LogP contribution in [0.3, 0.4) is 0 Å². The van der Waals surface area contributed by atoms with E-state index in [-0.39, 0.29) is 24.4 Å². The molecule has 1 fully saturated rings. The van der Waals surface area contributed by atoms with Crippen LogP contribution in [0.5, 0.6) is 0 Å². The predicted molar refractivity (Wildman–Crippen MR) is 105 cm³/mol. The minimum absolute atomic E-state index is 0.0741. The molecule has 0 saturated carbocycles. The molecule has 1 N–H and O–H groups in total. The first-order chi connectivity index (χ1) is 13.6. The first kappa shape index (κ1) is 19.8. The second kappa shape index (κ2) is 9.30. The number of hydrogen-bond acceptors (Lipinski definition) is 6. The zero-order chi connectivity index (χ0) is 19.9. The van der Waals surface area contributed by atoms with E-state index >= 15 is 0 Å². The van der Waals surface area contributed by atoms with Crippen molar-refractivity contribution in [3.05, 3.63) is 46.4 Å². The topological polar surface area (TPSA) is 98.6 Å². The van der Waals surface area contributed by atoms with Crippen LogP contribution < -0.4 is 5.32 Å². The quantitative estimate of drug-likeness (QED) is 0.832. The molecule has 8 nitrogen and oxygen atoms in total. The second-order valence-corrected chi connectivity index (χ2v) is 7.40. The summed E-state index contributed by atoms with van der Waals surface area (Å²) in [7, 11) is 1.73. The van der Waals surface area contributed by atoms with Gasteiger partial charge < -0.3 is 19.9 Å². The van der Waals surface area contributed by atoms with Gasteiger partial charge in [-0.2, -0.15) is 5.26 Å². The Kier molecular flexibility index (Phi) is 6.57. The third kappa shape index (κ3) is 5.06. The van der Waals surface area contributed by atoms with Gasteiger partial charge in [0.1, 0.15) is 5.01 Å². The highest BCUT2D eigenvalue weighted by Gasteiger charge is 2.30. The number of ether oxygens (including phenoxy) is 1. The molecule has 146 valence electrons. The molecule has 3 rings (SSSR count). The van der Waals surface area contributed by atoms with Crippen molar-refractivity contribution >= 4 is 29.0 Å². The number of hydrogen-bond donors (Lipinski definition) is 1. The fraction of sp³-hybridized carbons (Fsp3) is 0.368. The summed E-state index contributed by atoms with van der Waals surface area (Å²) < 4.78 is 5.49. The van der Waals surface area contributed by atoms with Crippen molar-refractivity contribution in [3.63, 3.8) is 0 Å². The normalized spacial score (nSPS) is 16.3. The predicted octanol–water partition coefficient (Wildman–Crippen LogP) is 2.30. The van der Waals surface area contributed by atoms with Gasteiger partial charge in [0.25, 0.3) is 0 Å². The van der Waals surface area contributed by atoms with Gasteiger partial charge in [-0.15, -0.1) is 11.3 Å². The second-order valence-electron chi connectivity index (χ2n) is 6.42. The molecule has 28 heavy (non-hydrogen) atoms. The fourth-order valence-electron chi connectivity index (χ4n) is 2.93. The Balaban J connectivity index is 1.61. The number of nitriles is 1. The third-order valence-corrected chi connectivity index (χ3v) is 5.19. The lowest BCUT2D eigenvalue weighted by atomic mass is 10.1. The van der Waals surface area contributed by atoms with Crippen molar-refractivity contribution < 1.29 is 14.3 Å². The van der Waals surface area contributed by atoms with Crippen molar-refractivity contribution in [1.82, 2.24) is 14.8 Å². The molecule has 0 aliphatic carbocycles. The highest BCUT2D eigenvalue weighted by molar-refractivity contribution is 7.09. The molecule has 0 radical (unpaired) electrons. The van der Waals surface area contributed by atoms with E-state index in [1.54, 1.807) is 47.3 Å². The molecule has 0 spiro atoms. The number of carbonyl (C=O) groups is 2. The first-order valence-corrected chi connectivity index (χ1v) is 9.72. The summed E-state index contributed by atoms with van der Waals surface area (Å²) >= 11 is 1.50. The molecule has 1 aromatic carbocycles. The third-order valence-electron chi connectivity index (χ3n) is 4.42. The summed E-state index contributed by atoms with van der Waals surface area (Å²) in [6.45, 7) is 1.57. The van der Waals surface area contributed by atoms with Crippen molar-refractivity contribution in [2.24, 2.45) is 0 Å². The molecule has 2 aromatic rings. The number of urea groups is 1. The summed E-state index contributed by atoms with van der Waals surface area (Å²) in [5, 5.41) is 14.5. The van der Waals surface area contributed by atoms with Crippen LogP contribution in [0.2, 0.25) is 0 Å². The van der Waals surface area contributed by atoms with Gasteiger partial charge in [-0.3, -0.25) is 4.79 Å². The minimum atomic E-state index is -0.348. The summed E-state index contributed by atoms with van der Waals surface area (Å²) in [5.41, 5.74) is 1.01. The monoisotopic (exact) mass is 399 g/mol. The van der Waals surface area contributed by atoms with E-state index in [2.05, 4.69) is 10.3 Å². The Hall–Kier alpha value is -2.96. The Morgan fingerprint density at radius 1 is 1.50 bits per heavy atom. The molecule has 1 atom stereocenters. The summed E-state index contributed by atoms with van der Waals surface area (Å²) in [4.78, 5) is 32.8. The summed E-state index contributed by atoms with van der Waals surface area (Å²) in [6.07, 6.45) is 1.88. The summed E-state index contributed by atoms with van der Waals surface area (Å²) in [6, 6.07) is 8.11. The molecule has 1 unspecified atom stereocenters. The number of benzene rings is 1. The van der Waals surface area contributed by atoms with E-state index in [4.69, 9.17) is 10.00 Å². The van der Waals surface area contributed by atoms with E-state index in [1.165, 1.54) is 11.3 Å². The lowest BCUT2D eigenvalue weighted by Crippen LogP contribution is -2.52. The molecule has 1 aliphatic rings. The van der Waals surface area contributed by atoms with Gasteiger partial charge >= 0.3 is 6.03 Å². The average molecular weight is 399 g/mol. The van der Waals surface area contributed by atoms with Crippen LogP contribution in [0.25, 0.3) is 0 Å². The van der Waals surface area contributed by atoms with Gasteiger partial charge in [-0.1, -0.05) is 6.07 Å². The lowest BCUT2D eigenvalue weighted by molar-refractivity contribution is -0.132. The average Bonchev–Trinajstić information content (AvgIpc) is 3.21. The van der Waals surface area contributed by atoms with Gasteiger partial charge in [0.15, 0.2) is 0 Å².